The van der Waals surface area contributed by atoms with Gasteiger partial charge in [0.05, 0.1) is 9.47 Å². The first-order valence-corrected chi connectivity index (χ1v) is 5.62. The average Bonchev–Trinajstić information content (AvgIpc) is 1.91. The van der Waals surface area contributed by atoms with E-state index in [-0.39, 0.29) is 5.97 Å². The highest BCUT2D eigenvalue weighted by molar-refractivity contribution is 9.34. The number of rotatable bonds is 1. The average molecular weight is 231 g/mol. The van der Waals surface area contributed by atoms with Gasteiger partial charge in [0.15, 0.2) is 0 Å². The first kappa shape index (κ1) is 12.2. The molecule has 0 heterocycles. The van der Waals surface area contributed by atoms with Gasteiger partial charge in [-0.15, -0.1) is 0 Å². The van der Waals surface area contributed by atoms with E-state index < -0.39 is 0 Å². The van der Waals surface area contributed by atoms with Crippen LogP contribution in [0.25, 0.3) is 0 Å². The van der Waals surface area contributed by atoms with Crippen LogP contribution in [0.1, 0.15) is 6.92 Å². The van der Waals surface area contributed by atoms with E-state index in [2.05, 4.69) is 34.5 Å². The number of carbonyl (C=O) groups excluding carboxylic acids is 1. The molecule has 0 bridgehead atoms. The van der Waals surface area contributed by atoms with Crippen molar-refractivity contribution in [3.63, 3.8) is 0 Å². The lowest BCUT2D eigenvalue weighted by Crippen LogP contribution is -1.94. The van der Waals surface area contributed by atoms with Gasteiger partial charge in [-0.05, 0) is 6.92 Å². The highest BCUT2D eigenvalue weighted by Gasteiger charge is 1.95. The molecule has 5 heteroatoms. The summed E-state index contributed by atoms with van der Waals surface area (Å²) in [6.07, 6.45) is 0. The smallest absolute Gasteiger partial charge is 0.335 e. The predicted octanol–water partition coefficient (Wildman–Crippen LogP) is 2.07. The quantitative estimate of drug-likeness (QED) is 0.510. The van der Waals surface area contributed by atoms with Gasteiger partial charge in [0.2, 0.25) is 0 Å². The molecule has 0 radical (unpaired) electrons. The summed E-state index contributed by atoms with van der Waals surface area (Å²) in [7, 11) is 4.08. The Morgan fingerprint density at radius 2 is 2.00 bits per heavy atom. The second-order valence-electron chi connectivity index (χ2n) is 1.19. The van der Waals surface area contributed by atoms with Crippen LogP contribution in [-0.4, -0.2) is 5.97 Å². The Bertz CT molecular complexity index is 105. The first-order valence-electron chi connectivity index (χ1n) is 1.97. The van der Waals surface area contributed by atoms with Crippen molar-refractivity contribution in [2.24, 2.45) is 0 Å². The highest BCUT2D eigenvalue weighted by atomic mass is 79.9. The van der Waals surface area contributed by atoms with Gasteiger partial charge in [-0.25, -0.2) is 4.79 Å². The van der Waals surface area contributed by atoms with E-state index in [0.29, 0.717) is 5.57 Å². The Balaban J connectivity index is 0. The Morgan fingerprint density at radius 3 is 2.00 bits per heavy atom. The van der Waals surface area contributed by atoms with Gasteiger partial charge < -0.3 is 4.52 Å². The lowest BCUT2D eigenvalue weighted by atomic mass is 10.4. The summed E-state index contributed by atoms with van der Waals surface area (Å²) in [4.78, 5) is 10.2. The van der Waals surface area contributed by atoms with E-state index in [1.165, 1.54) is 0 Å². The van der Waals surface area contributed by atoms with Crippen LogP contribution in [0.5, 0.6) is 0 Å². The second-order valence-corrected chi connectivity index (χ2v) is 1.42. The summed E-state index contributed by atoms with van der Waals surface area (Å²) < 4.78 is 4.19. The molecule has 2 atom stereocenters. The number of hydrogen-bond donors (Lipinski definition) is 0. The maximum Gasteiger partial charge on any atom is 0.335 e. The molecule has 0 aromatic rings. The van der Waals surface area contributed by atoms with E-state index in [1.807, 2.05) is 9.47 Å². The van der Waals surface area contributed by atoms with E-state index in [9.17, 15) is 4.79 Å². The van der Waals surface area contributed by atoms with Gasteiger partial charge >= 0.3 is 5.97 Å². The summed E-state index contributed by atoms with van der Waals surface area (Å²) in [5.41, 5.74) is 0.412. The van der Waals surface area contributed by atoms with E-state index in [4.69, 9.17) is 0 Å². The van der Waals surface area contributed by atoms with Crippen LogP contribution in [0.2, 0.25) is 0 Å². The third kappa shape index (κ3) is 8.55. The lowest BCUT2D eigenvalue weighted by Gasteiger charge is -1.91. The summed E-state index contributed by atoms with van der Waals surface area (Å²) in [6, 6.07) is 0. The lowest BCUT2D eigenvalue weighted by molar-refractivity contribution is -0.128. The summed E-state index contributed by atoms with van der Waals surface area (Å²) >= 11 is 2.85. The van der Waals surface area contributed by atoms with E-state index >= 15 is 0 Å². The maximum atomic E-state index is 10.2. The molecule has 0 fully saturated rings. The summed E-state index contributed by atoms with van der Waals surface area (Å²) in [6.45, 7) is 4.93. The molecule has 0 saturated carbocycles. The normalized spacial score (nSPS) is 6.67. The fraction of sp³-hybridized carbons (Fsp3) is 0.250. The van der Waals surface area contributed by atoms with Crippen LogP contribution in [0.3, 0.4) is 0 Å². The molecule has 0 rings (SSSR count). The second kappa shape index (κ2) is 8.55. The Hall–Kier alpha value is 0.550. The van der Waals surface area contributed by atoms with Gasteiger partial charge in [-0.3, -0.25) is 0 Å². The molecule has 2 unspecified atom stereocenters. The highest BCUT2D eigenvalue weighted by Crippen LogP contribution is 1.94. The standard InChI is InChI=1S/C4H7O2P.BrH2P/c1-3(2)4(5)6-7;1-2/h1,7H2,2H3;2H2. The molecule has 0 spiro atoms. The van der Waals surface area contributed by atoms with Gasteiger partial charge in [0.1, 0.15) is 0 Å². The summed E-state index contributed by atoms with van der Waals surface area (Å²) in [5.74, 6) is -0.384. The predicted molar refractivity (Wildman–Crippen MR) is 49.3 cm³/mol. The molecule has 0 aliphatic carbocycles. The van der Waals surface area contributed by atoms with Crippen molar-refractivity contribution in [3.8, 4) is 0 Å². The van der Waals surface area contributed by atoms with Crippen molar-refractivity contribution >= 4 is 38.9 Å². The molecular weight excluding hydrogens is 222 g/mol. The van der Waals surface area contributed by atoms with Crippen molar-refractivity contribution in [2.75, 3.05) is 0 Å². The molecule has 0 N–H and O–H groups in total. The SMILES string of the molecule is C=C(C)C(=O)OP.PBr. The minimum Gasteiger partial charge on any atom is -0.448 e. The van der Waals surface area contributed by atoms with Gasteiger partial charge in [-0.2, -0.15) is 0 Å². The van der Waals surface area contributed by atoms with Gasteiger partial charge in [-0.1, -0.05) is 30.0 Å². The first-order chi connectivity index (χ1) is 4.18. The van der Waals surface area contributed by atoms with Crippen LogP contribution in [-0.2, 0) is 9.32 Å². The van der Waals surface area contributed by atoms with Crippen LogP contribution in [0.15, 0.2) is 12.2 Å². The molecule has 54 valence electrons. The van der Waals surface area contributed by atoms with Gasteiger partial charge in [0, 0.05) is 5.57 Å². The van der Waals surface area contributed by atoms with Crippen LogP contribution >= 0.6 is 32.9 Å². The zero-order chi connectivity index (χ0) is 7.86. The largest absolute Gasteiger partial charge is 0.448 e. The van der Waals surface area contributed by atoms with Crippen LogP contribution in [0.4, 0.5) is 0 Å². The molecular formula is C4H9BrO2P2. The van der Waals surface area contributed by atoms with E-state index in [0.717, 1.165) is 0 Å². The molecule has 0 saturated heterocycles. The molecule has 0 aliphatic rings. The topological polar surface area (TPSA) is 26.3 Å². The van der Waals surface area contributed by atoms with Crippen molar-refractivity contribution in [3.05, 3.63) is 12.2 Å². The third-order valence-electron chi connectivity index (χ3n) is 0.455. The Morgan fingerprint density at radius 1 is 1.67 bits per heavy atom. The minimum absolute atomic E-state index is 0.384. The number of hydrogen-bond acceptors (Lipinski definition) is 2. The summed E-state index contributed by atoms with van der Waals surface area (Å²) in [5, 5.41) is 0. The molecule has 9 heavy (non-hydrogen) atoms. The monoisotopic (exact) mass is 230 g/mol. The molecule has 0 aliphatic heterocycles. The van der Waals surface area contributed by atoms with E-state index in [1.54, 1.807) is 6.92 Å². The van der Waals surface area contributed by atoms with Crippen molar-refractivity contribution < 1.29 is 9.32 Å². The van der Waals surface area contributed by atoms with Crippen molar-refractivity contribution in [2.45, 2.75) is 6.92 Å². The Labute approximate surface area is 67.7 Å². The van der Waals surface area contributed by atoms with Gasteiger partial charge in [0.25, 0.3) is 0 Å². The van der Waals surface area contributed by atoms with Crippen LogP contribution in [0, 0.1) is 0 Å². The third-order valence-corrected chi connectivity index (χ3v) is 0.670. The Kier molecular flexibility index (Phi) is 11.6. The molecule has 0 aromatic carbocycles. The van der Waals surface area contributed by atoms with Crippen LogP contribution < -0.4 is 0 Å². The zero-order valence-corrected chi connectivity index (χ0v) is 8.95. The minimum atomic E-state index is -0.384. The fourth-order valence-corrected chi connectivity index (χ4v) is 0.302. The zero-order valence-electron chi connectivity index (χ0n) is 5.06. The van der Waals surface area contributed by atoms with Crippen molar-refractivity contribution in [1.29, 1.82) is 0 Å². The maximum absolute atomic E-state index is 10.2. The fourth-order valence-electron chi connectivity index (χ4n) is 0.101. The molecule has 0 aromatic heterocycles. The number of carbonyl (C=O) groups is 1. The van der Waals surface area contributed by atoms with Crippen molar-refractivity contribution in [1.82, 2.24) is 0 Å². The molecule has 2 nitrogen and oxygen atoms in total. The molecule has 0 amide bonds. The number of halogens is 1.